The molecule has 0 saturated heterocycles. The largest absolute Gasteiger partial charge is 0.309 e. The van der Waals surface area contributed by atoms with Gasteiger partial charge in [-0.1, -0.05) is 59.9 Å². The third-order valence-corrected chi connectivity index (χ3v) is 6.99. The van der Waals surface area contributed by atoms with Crippen LogP contribution in [-0.4, -0.2) is 14.0 Å². The predicted molar refractivity (Wildman–Crippen MR) is 129 cm³/mol. The molecule has 3 heterocycles. The second-order valence-electron chi connectivity index (χ2n) is 7.68. The molecule has 146 valence electrons. The Morgan fingerprint density at radius 2 is 1.42 bits per heavy atom. The molecule has 0 spiro atoms. The summed E-state index contributed by atoms with van der Waals surface area (Å²) >= 11 is 1.55. The Hall–Kier alpha value is -3.96. The smallest absolute Gasteiger partial charge is 0.266 e. The Balaban J connectivity index is 1.70. The van der Waals surface area contributed by atoms with Crippen LogP contribution in [0.15, 0.2) is 95.8 Å². The lowest BCUT2D eigenvalue weighted by molar-refractivity contribution is 1.18. The monoisotopic (exact) mass is 417 g/mol. The van der Waals surface area contributed by atoms with Gasteiger partial charge in [-0.05, 0) is 42.5 Å². The zero-order chi connectivity index (χ0) is 20.5. The SMILES string of the molecule is O=c1c2ccccc2sc2nc3cc4c(cc3n12)c1ccccc1n4-c1ccccc1. The summed E-state index contributed by atoms with van der Waals surface area (Å²) in [6.45, 7) is 0. The van der Waals surface area contributed by atoms with E-state index in [1.165, 1.54) is 0 Å². The van der Waals surface area contributed by atoms with Gasteiger partial charge in [0.15, 0.2) is 4.96 Å². The number of nitrogens with zero attached hydrogens (tertiary/aromatic N) is 3. The van der Waals surface area contributed by atoms with Crippen molar-refractivity contribution in [2.24, 2.45) is 0 Å². The Kier molecular flexibility index (Phi) is 3.27. The quantitative estimate of drug-likeness (QED) is 0.321. The van der Waals surface area contributed by atoms with Crippen LogP contribution >= 0.6 is 11.3 Å². The molecule has 4 aromatic carbocycles. The van der Waals surface area contributed by atoms with Crippen molar-refractivity contribution in [3.05, 3.63) is 101 Å². The van der Waals surface area contributed by atoms with Gasteiger partial charge in [0.05, 0.1) is 27.5 Å². The molecule has 0 unspecified atom stereocenters. The van der Waals surface area contributed by atoms with Gasteiger partial charge in [-0.2, -0.15) is 0 Å². The lowest BCUT2D eigenvalue weighted by Crippen LogP contribution is -2.11. The molecule has 0 saturated carbocycles. The zero-order valence-electron chi connectivity index (χ0n) is 16.3. The van der Waals surface area contributed by atoms with Gasteiger partial charge in [-0.3, -0.25) is 4.79 Å². The third kappa shape index (κ3) is 2.24. The van der Waals surface area contributed by atoms with Crippen LogP contribution in [0.25, 0.3) is 53.6 Å². The minimum absolute atomic E-state index is 0.0157. The fourth-order valence-electron chi connectivity index (χ4n) is 4.59. The topological polar surface area (TPSA) is 39.3 Å². The van der Waals surface area contributed by atoms with E-state index in [4.69, 9.17) is 4.98 Å². The van der Waals surface area contributed by atoms with Crippen molar-refractivity contribution in [3.8, 4) is 5.69 Å². The van der Waals surface area contributed by atoms with Gasteiger partial charge in [0, 0.05) is 21.2 Å². The lowest BCUT2D eigenvalue weighted by atomic mass is 10.1. The fourth-order valence-corrected chi connectivity index (χ4v) is 5.61. The highest BCUT2D eigenvalue weighted by Crippen LogP contribution is 2.35. The highest BCUT2D eigenvalue weighted by atomic mass is 32.1. The van der Waals surface area contributed by atoms with Gasteiger partial charge in [0.25, 0.3) is 5.56 Å². The van der Waals surface area contributed by atoms with E-state index in [0.29, 0.717) is 0 Å². The molecule has 7 aromatic rings. The maximum atomic E-state index is 13.3. The molecule has 0 N–H and O–H groups in total. The van der Waals surface area contributed by atoms with Gasteiger partial charge in [-0.15, -0.1) is 0 Å². The number of hydrogen-bond donors (Lipinski definition) is 0. The molecule has 0 aliphatic heterocycles. The highest BCUT2D eigenvalue weighted by molar-refractivity contribution is 7.23. The normalized spacial score (nSPS) is 12.0. The van der Waals surface area contributed by atoms with Gasteiger partial charge in [-0.25, -0.2) is 9.38 Å². The predicted octanol–water partition coefficient (Wildman–Crippen LogP) is 6.16. The number of imidazole rings is 1. The average Bonchev–Trinajstić information content (AvgIpc) is 3.33. The summed E-state index contributed by atoms with van der Waals surface area (Å²) < 4.78 is 4.99. The molecule has 5 heteroatoms. The van der Waals surface area contributed by atoms with Crippen molar-refractivity contribution in [1.82, 2.24) is 14.0 Å². The van der Waals surface area contributed by atoms with Crippen molar-refractivity contribution in [2.75, 3.05) is 0 Å². The third-order valence-electron chi connectivity index (χ3n) is 5.95. The molecule has 0 radical (unpaired) electrons. The maximum absolute atomic E-state index is 13.3. The molecule has 0 aliphatic carbocycles. The number of aromatic nitrogens is 3. The van der Waals surface area contributed by atoms with E-state index in [2.05, 4.69) is 65.2 Å². The number of para-hydroxylation sites is 2. The van der Waals surface area contributed by atoms with Crippen molar-refractivity contribution < 1.29 is 0 Å². The number of hydrogen-bond acceptors (Lipinski definition) is 3. The summed E-state index contributed by atoms with van der Waals surface area (Å²) in [5.74, 6) is 0. The standard InChI is InChI=1S/C26H15N3OS/c30-25-18-11-5-7-13-24(18)31-26-27-20-15-22-19(14-23(20)29(25)26)17-10-4-6-12-21(17)28(22)16-8-2-1-3-9-16/h1-15H. The van der Waals surface area contributed by atoms with E-state index in [1.54, 1.807) is 15.7 Å². The van der Waals surface area contributed by atoms with Gasteiger partial charge in [0.2, 0.25) is 0 Å². The van der Waals surface area contributed by atoms with Crippen LogP contribution in [0.5, 0.6) is 0 Å². The molecule has 31 heavy (non-hydrogen) atoms. The van der Waals surface area contributed by atoms with Crippen LogP contribution in [0.4, 0.5) is 0 Å². The van der Waals surface area contributed by atoms with Crippen molar-refractivity contribution in [2.45, 2.75) is 0 Å². The summed E-state index contributed by atoms with van der Waals surface area (Å²) in [5, 5.41) is 3.01. The first-order chi connectivity index (χ1) is 15.3. The Labute approximate surface area is 180 Å². The molecular weight excluding hydrogens is 402 g/mol. The Morgan fingerprint density at radius 3 is 2.29 bits per heavy atom. The summed E-state index contributed by atoms with van der Waals surface area (Å²) in [6.07, 6.45) is 0. The molecule has 3 aromatic heterocycles. The van der Waals surface area contributed by atoms with Crippen LogP contribution in [0.3, 0.4) is 0 Å². The van der Waals surface area contributed by atoms with E-state index in [0.717, 1.165) is 53.6 Å². The van der Waals surface area contributed by atoms with Crippen molar-refractivity contribution >= 4 is 59.2 Å². The van der Waals surface area contributed by atoms with Gasteiger partial charge < -0.3 is 4.57 Å². The van der Waals surface area contributed by atoms with Gasteiger partial charge >= 0.3 is 0 Å². The van der Waals surface area contributed by atoms with Crippen molar-refractivity contribution in [1.29, 1.82) is 0 Å². The zero-order valence-corrected chi connectivity index (χ0v) is 17.1. The van der Waals surface area contributed by atoms with E-state index in [-0.39, 0.29) is 5.56 Å². The first-order valence-electron chi connectivity index (χ1n) is 10.1. The molecule has 0 bridgehead atoms. The van der Waals surface area contributed by atoms with E-state index in [9.17, 15) is 4.79 Å². The Morgan fingerprint density at radius 1 is 0.677 bits per heavy atom. The van der Waals surface area contributed by atoms with E-state index in [1.807, 2.05) is 30.3 Å². The van der Waals surface area contributed by atoms with Crippen LogP contribution < -0.4 is 5.56 Å². The molecule has 0 fully saturated rings. The molecule has 7 rings (SSSR count). The van der Waals surface area contributed by atoms with Crippen LogP contribution in [0.2, 0.25) is 0 Å². The lowest BCUT2D eigenvalue weighted by Gasteiger charge is -2.07. The molecule has 4 nitrogen and oxygen atoms in total. The second kappa shape index (κ2) is 6.03. The van der Waals surface area contributed by atoms with E-state index < -0.39 is 0 Å². The molecular formula is C26H15N3OS. The van der Waals surface area contributed by atoms with Gasteiger partial charge in [0.1, 0.15) is 0 Å². The molecule has 0 aliphatic rings. The average molecular weight is 417 g/mol. The maximum Gasteiger partial charge on any atom is 0.266 e. The first kappa shape index (κ1) is 16.8. The number of fused-ring (bicyclic) bond motifs is 7. The van der Waals surface area contributed by atoms with Crippen LogP contribution in [0.1, 0.15) is 0 Å². The molecule has 0 amide bonds. The number of rotatable bonds is 1. The fraction of sp³-hybridized carbons (Fsp3) is 0. The highest BCUT2D eigenvalue weighted by Gasteiger charge is 2.17. The van der Waals surface area contributed by atoms with Crippen molar-refractivity contribution in [3.63, 3.8) is 0 Å². The second-order valence-corrected chi connectivity index (χ2v) is 8.69. The summed E-state index contributed by atoms with van der Waals surface area (Å²) in [5.41, 5.74) is 5.00. The number of benzene rings is 4. The summed E-state index contributed by atoms with van der Waals surface area (Å²) in [6, 6.07) is 30.7. The first-order valence-corrected chi connectivity index (χ1v) is 10.9. The summed E-state index contributed by atoms with van der Waals surface area (Å²) in [4.78, 5) is 18.9. The minimum Gasteiger partial charge on any atom is -0.309 e. The summed E-state index contributed by atoms with van der Waals surface area (Å²) in [7, 11) is 0. The van der Waals surface area contributed by atoms with Crippen LogP contribution in [0, 0.1) is 0 Å². The molecule has 0 atom stereocenters. The van der Waals surface area contributed by atoms with Crippen LogP contribution in [-0.2, 0) is 0 Å². The Bertz CT molecular complexity index is 1860. The minimum atomic E-state index is -0.0157. The van der Waals surface area contributed by atoms with E-state index >= 15 is 0 Å².